The van der Waals surface area contributed by atoms with Crippen LogP contribution in [0.1, 0.15) is 32.6 Å². The van der Waals surface area contributed by atoms with Gasteiger partial charge in [0.15, 0.2) is 6.10 Å². The number of carbonyl (C=O) groups excluding carboxylic acids is 4. The van der Waals surface area contributed by atoms with Crippen molar-refractivity contribution in [1.29, 1.82) is 0 Å². The van der Waals surface area contributed by atoms with Crippen LogP contribution in [0, 0.1) is 5.92 Å². The molecule has 0 aromatic heterocycles. The molecule has 31 heavy (non-hydrogen) atoms. The van der Waals surface area contributed by atoms with Crippen LogP contribution in [0.15, 0.2) is 30.3 Å². The summed E-state index contributed by atoms with van der Waals surface area (Å²) in [6, 6.07) is 7.61. The third kappa shape index (κ3) is 4.14. The van der Waals surface area contributed by atoms with Crippen LogP contribution in [-0.2, 0) is 23.9 Å². The van der Waals surface area contributed by atoms with Gasteiger partial charge in [0.1, 0.15) is 13.1 Å². The molecule has 166 valence electrons. The zero-order valence-electron chi connectivity index (χ0n) is 17.5. The van der Waals surface area contributed by atoms with Crippen molar-refractivity contribution in [3.8, 4) is 0 Å². The van der Waals surface area contributed by atoms with E-state index in [1.165, 1.54) is 4.90 Å². The molecular formula is C22H27N3O6. The van der Waals surface area contributed by atoms with Gasteiger partial charge in [-0.3, -0.25) is 14.4 Å². The predicted octanol–water partition coefficient (Wildman–Crippen LogP) is 1.46. The number of ether oxygens (including phenoxy) is 2. The first-order valence-electron chi connectivity index (χ1n) is 10.8. The molecule has 2 heterocycles. The summed E-state index contributed by atoms with van der Waals surface area (Å²) in [6.07, 6.45) is 2.81. The summed E-state index contributed by atoms with van der Waals surface area (Å²) in [6.45, 7) is 1.37. The van der Waals surface area contributed by atoms with E-state index < -0.39 is 36.0 Å². The first kappa shape index (κ1) is 21.3. The highest BCUT2D eigenvalue weighted by Crippen LogP contribution is 2.43. The number of benzene rings is 1. The lowest BCUT2D eigenvalue weighted by Crippen LogP contribution is -2.66. The Morgan fingerprint density at radius 1 is 1.16 bits per heavy atom. The number of carbonyl (C=O) groups is 4. The van der Waals surface area contributed by atoms with Gasteiger partial charge in [-0.15, -0.1) is 0 Å². The van der Waals surface area contributed by atoms with Gasteiger partial charge >= 0.3 is 12.0 Å². The van der Waals surface area contributed by atoms with Crippen molar-refractivity contribution < 1.29 is 28.7 Å². The Kier molecular flexibility index (Phi) is 6.22. The number of para-hydroxylation sites is 1. The van der Waals surface area contributed by atoms with Crippen molar-refractivity contribution in [1.82, 2.24) is 10.2 Å². The largest absolute Gasteiger partial charge is 0.465 e. The molecule has 2 aliphatic heterocycles. The molecule has 9 heteroatoms. The van der Waals surface area contributed by atoms with Crippen molar-refractivity contribution in [3.63, 3.8) is 0 Å². The lowest BCUT2D eigenvalue weighted by molar-refractivity contribution is -0.143. The fraction of sp³-hybridized carbons (Fsp3) is 0.545. The molecule has 1 N–H and O–H groups in total. The van der Waals surface area contributed by atoms with Crippen LogP contribution < -0.4 is 10.2 Å². The number of anilines is 1. The highest BCUT2D eigenvalue weighted by atomic mass is 16.5. The van der Waals surface area contributed by atoms with Crippen molar-refractivity contribution in [3.05, 3.63) is 30.3 Å². The second kappa shape index (κ2) is 9.05. The van der Waals surface area contributed by atoms with Crippen molar-refractivity contribution in [2.24, 2.45) is 5.92 Å². The number of urea groups is 1. The lowest BCUT2D eigenvalue weighted by Gasteiger charge is -2.42. The first-order valence-corrected chi connectivity index (χ1v) is 10.8. The number of nitrogens with one attached hydrogen (secondary N) is 1. The Bertz CT molecular complexity index is 860. The SMILES string of the molecule is CCOC(=O)CNC(=O)CN1C(=O)N(c2ccccc2)C(=O)C2OC3CCCCC3C21. The van der Waals surface area contributed by atoms with E-state index in [1.807, 2.05) is 0 Å². The molecule has 3 aliphatic rings. The number of esters is 1. The number of fused-ring (bicyclic) bond motifs is 3. The molecule has 4 amide bonds. The molecule has 1 saturated carbocycles. The Balaban J connectivity index is 1.58. The third-order valence-electron chi connectivity index (χ3n) is 6.15. The Morgan fingerprint density at radius 2 is 1.90 bits per heavy atom. The molecule has 9 nitrogen and oxygen atoms in total. The highest BCUT2D eigenvalue weighted by Gasteiger charge is 2.57. The van der Waals surface area contributed by atoms with Gasteiger partial charge in [0.05, 0.1) is 24.4 Å². The topological polar surface area (TPSA) is 105 Å². The number of rotatable bonds is 6. The van der Waals surface area contributed by atoms with Gasteiger partial charge in [-0.1, -0.05) is 31.0 Å². The van der Waals surface area contributed by atoms with E-state index in [9.17, 15) is 19.2 Å². The van der Waals surface area contributed by atoms with Crippen LogP contribution in [-0.4, -0.2) is 66.7 Å². The van der Waals surface area contributed by atoms with Gasteiger partial charge in [-0.05, 0) is 31.9 Å². The quantitative estimate of drug-likeness (QED) is 0.687. The minimum Gasteiger partial charge on any atom is -0.465 e. The summed E-state index contributed by atoms with van der Waals surface area (Å²) in [7, 11) is 0. The standard InChI is InChI=1S/C22H27N3O6/c1-2-30-18(27)12-23-17(26)13-24-19-15-10-6-7-11-16(15)31-20(19)21(28)25(22(24)29)14-8-4-3-5-9-14/h3-5,8-9,15-16,19-20H,2,6-7,10-13H2,1H3,(H,23,26). The summed E-state index contributed by atoms with van der Waals surface area (Å²) in [5.74, 6) is -1.40. The second-order valence-corrected chi connectivity index (χ2v) is 8.04. The van der Waals surface area contributed by atoms with Crippen molar-refractivity contribution >= 4 is 29.5 Å². The summed E-state index contributed by atoms with van der Waals surface area (Å²) in [5, 5.41) is 2.50. The molecule has 1 aromatic carbocycles. The molecule has 4 rings (SSSR count). The number of hydrogen-bond acceptors (Lipinski definition) is 6. The molecule has 0 bridgehead atoms. The van der Waals surface area contributed by atoms with E-state index in [2.05, 4.69) is 5.32 Å². The maximum Gasteiger partial charge on any atom is 0.332 e. The molecular weight excluding hydrogens is 402 g/mol. The molecule has 4 atom stereocenters. The van der Waals surface area contributed by atoms with Gasteiger partial charge in [0, 0.05) is 5.92 Å². The summed E-state index contributed by atoms with van der Waals surface area (Å²) in [5.41, 5.74) is 0.436. The number of imide groups is 1. The van der Waals surface area contributed by atoms with Crippen LogP contribution in [0.2, 0.25) is 0 Å². The van der Waals surface area contributed by atoms with E-state index in [-0.39, 0.29) is 31.7 Å². The minimum atomic E-state index is -0.802. The van der Waals surface area contributed by atoms with E-state index in [4.69, 9.17) is 9.47 Å². The van der Waals surface area contributed by atoms with E-state index in [0.717, 1.165) is 30.6 Å². The van der Waals surface area contributed by atoms with Crippen LogP contribution >= 0.6 is 0 Å². The Labute approximate surface area is 180 Å². The van der Waals surface area contributed by atoms with Gasteiger partial charge in [0.25, 0.3) is 5.91 Å². The fourth-order valence-electron chi connectivity index (χ4n) is 4.84. The molecule has 0 spiro atoms. The first-order chi connectivity index (χ1) is 15.0. The summed E-state index contributed by atoms with van der Waals surface area (Å²) in [4.78, 5) is 53.4. The van der Waals surface area contributed by atoms with Gasteiger partial charge in [-0.2, -0.15) is 0 Å². The molecule has 1 aliphatic carbocycles. The van der Waals surface area contributed by atoms with Crippen LogP contribution in [0.25, 0.3) is 0 Å². The zero-order valence-corrected chi connectivity index (χ0v) is 17.5. The highest BCUT2D eigenvalue weighted by molar-refractivity contribution is 6.18. The number of nitrogens with zero attached hydrogens (tertiary/aromatic N) is 2. The number of hydrogen-bond donors (Lipinski definition) is 1. The second-order valence-electron chi connectivity index (χ2n) is 8.04. The average molecular weight is 429 g/mol. The smallest absolute Gasteiger partial charge is 0.332 e. The molecule has 4 unspecified atom stereocenters. The van der Waals surface area contributed by atoms with Crippen LogP contribution in [0.3, 0.4) is 0 Å². The van der Waals surface area contributed by atoms with Gasteiger partial charge in [0.2, 0.25) is 5.91 Å². The van der Waals surface area contributed by atoms with Crippen LogP contribution in [0.5, 0.6) is 0 Å². The third-order valence-corrected chi connectivity index (χ3v) is 6.15. The van der Waals surface area contributed by atoms with E-state index in [0.29, 0.717) is 5.69 Å². The van der Waals surface area contributed by atoms with Crippen molar-refractivity contribution in [2.75, 3.05) is 24.6 Å². The summed E-state index contributed by atoms with van der Waals surface area (Å²) >= 11 is 0. The minimum absolute atomic E-state index is 0.0161. The molecule has 3 fully saturated rings. The lowest BCUT2D eigenvalue weighted by atomic mass is 9.81. The van der Waals surface area contributed by atoms with Crippen molar-refractivity contribution in [2.45, 2.75) is 50.9 Å². The van der Waals surface area contributed by atoms with Crippen LogP contribution in [0.4, 0.5) is 10.5 Å². The normalized spacial score (nSPS) is 27.5. The molecule has 1 aromatic rings. The average Bonchev–Trinajstić information content (AvgIpc) is 3.16. The maximum absolute atomic E-state index is 13.4. The maximum atomic E-state index is 13.4. The molecule has 2 saturated heterocycles. The Hall–Kier alpha value is -2.94. The monoisotopic (exact) mass is 429 g/mol. The fourth-order valence-corrected chi connectivity index (χ4v) is 4.84. The van der Waals surface area contributed by atoms with E-state index >= 15 is 0 Å². The Morgan fingerprint density at radius 3 is 2.65 bits per heavy atom. The van der Waals surface area contributed by atoms with Gasteiger partial charge in [-0.25, -0.2) is 9.69 Å². The van der Waals surface area contributed by atoms with E-state index in [1.54, 1.807) is 37.3 Å². The molecule has 0 radical (unpaired) electrons. The zero-order chi connectivity index (χ0) is 22.0. The predicted molar refractivity (Wildman–Crippen MR) is 110 cm³/mol. The summed E-state index contributed by atoms with van der Waals surface area (Å²) < 4.78 is 11.0. The van der Waals surface area contributed by atoms with Gasteiger partial charge < -0.3 is 19.7 Å². The number of amides is 4.